The van der Waals surface area contributed by atoms with Crippen LogP contribution in [0.4, 0.5) is 0 Å². The van der Waals surface area contributed by atoms with Gasteiger partial charge >= 0.3 is 0 Å². The monoisotopic (exact) mass is 276 g/mol. The number of tetrazole rings is 1. The molecule has 1 fully saturated rings. The minimum Gasteiger partial charge on any atom is -0.312 e. The second kappa shape index (κ2) is 6.12. The lowest BCUT2D eigenvalue weighted by Gasteiger charge is -2.05. The summed E-state index contributed by atoms with van der Waals surface area (Å²) in [4.78, 5) is 4.01. The van der Waals surface area contributed by atoms with Crippen LogP contribution in [0.15, 0.2) is 29.7 Å². The number of nitrogens with one attached hydrogen (secondary N) is 1. The standard InChI is InChI=1S/C12H16N6S/c1-2-11(1)14-7-8-18-12(15-16-17-18)19-9-10-3-5-13-6-4-10/h3-6,11,14H,1-2,7-9H2. The minimum absolute atomic E-state index is 0.726. The molecule has 0 saturated heterocycles. The van der Waals surface area contributed by atoms with Gasteiger partial charge < -0.3 is 5.32 Å². The SMILES string of the molecule is c1cc(CSc2nnnn2CCNC2CC2)ccn1. The van der Waals surface area contributed by atoms with E-state index in [1.165, 1.54) is 18.4 Å². The number of rotatable bonds is 7. The molecule has 1 aliphatic rings. The first-order valence-electron chi connectivity index (χ1n) is 6.43. The Morgan fingerprint density at radius 3 is 2.95 bits per heavy atom. The van der Waals surface area contributed by atoms with E-state index in [-0.39, 0.29) is 0 Å². The summed E-state index contributed by atoms with van der Waals surface area (Å²) in [5, 5.41) is 16.2. The van der Waals surface area contributed by atoms with Gasteiger partial charge in [-0.15, -0.1) is 5.10 Å². The van der Waals surface area contributed by atoms with Crippen LogP contribution in [0.1, 0.15) is 18.4 Å². The summed E-state index contributed by atoms with van der Waals surface area (Å²) >= 11 is 1.65. The van der Waals surface area contributed by atoms with E-state index in [1.807, 2.05) is 16.8 Å². The Hall–Kier alpha value is -1.47. The number of hydrogen-bond acceptors (Lipinski definition) is 6. The van der Waals surface area contributed by atoms with Gasteiger partial charge in [-0.1, -0.05) is 11.8 Å². The highest BCUT2D eigenvalue weighted by molar-refractivity contribution is 7.98. The Morgan fingerprint density at radius 2 is 2.16 bits per heavy atom. The lowest BCUT2D eigenvalue weighted by atomic mass is 10.3. The van der Waals surface area contributed by atoms with Crippen LogP contribution < -0.4 is 5.32 Å². The van der Waals surface area contributed by atoms with Crippen LogP contribution in [-0.2, 0) is 12.3 Å². The predicted octanol–water partition coefficient (Wildman–Crippen LogP) is 1.11. The summed E-state index contributed by atoms with van der Waals surface area (Å²) in [6.45, 7) is 1.75. The lowest BCUT2D eigenvalue weighted by molar-refractivity contribution is 0.509. The summed E-state index contributed by atoms with van der Waals surface area (Å²) in [5.74, 6) is 0.860. The normalized spacial score (nSPS) is 14.7. The topological polar surface area (TPSA) is 68.5 Å². The van der Waals surface area contributed by atoms with Crippen molar-refractivity contribution in [2.45, 2.75) is 36.3 Å². The Bertz CT molecular complexity index is 510. The van der Waals surface area contributed by atoms with E-state index in [4.69, 9.17) is 0 Å². The summed E-state index contributed by atoms with van der Waals surface area (Å²) in [7, 11) is 0. The van der Waals surface area contributed by atoms with Crippen molar-refractivity contribution in [3.63, 3.8) is 0 Å². The zero-order valence-corrected chi connectivity index (χ0v) is 11.4. The number of hydrogen-bond donors (Lipinski definition) is 1. The lowest BCUT2D eigenvalue weighted by Crippen LogP contribution is -2.22. The van der Waals surface area contributed by atoms with Crippen LogP contribution in [0.3, 0.4) is 0 Å². The number of thioether (sulfide) groups is 1. The Kier molecular flexibility index (Phi) is 4.04. The van der Waals surface area contributed by atoms with E-state index in [2.05, 4.69) is 25.8 Å². The Labute approximate surface area is 116 Å². The molecule has 3 rings (SSSR count). The summed E-state index contributed by atoms with van der Waals surface area (Å²) in [5.41, 5.74) is 1.23. The first-order valence-corrected chi connectivity index (χ1v) is 7.41. The molecule has 100 valence electrons. The maximum Gasteiger partial charge on any atom is 0.209 e. The van der Waals surface area contributed by atoms with E-state index < -0.39 is 0 Å². The van der Waals surface area contributed by atoms with Crippen molar-refractivity contribution >= 4 is 11.8 Å². The number of nitrogens with zero attached hydrogens (tertiary/aromatic N) is 5. The van der Waals surface area contributed by atoms with Crippen molar-refractivity contribution in [3.8, 4) is 0 Å². The molecule has 0 radical (unpaired) electrons. The van der Waals surface area contributed by atoms with E-state index >= 15 is 0 Å². The highest BCUT2D eigenvalue weighted by Crippen LogP contribution is 2.20. The molecule has 2 heterocycles. The van der Waals surface area contributed by atoms with Gasteiger partial charge in [0.1, 0.15) is 0 Å². The van der Waals surface area contributed by atoms with Gasteiger partial charge in [-0.3, -0.25) is 4.98 Å². The fourth-order valence-electron chi connectivity index (χ4n) is 1.73. The number of pyridine rings is 1. The van der Waals surface area contributed by atoms with Crippen LogP contribution in [0.5, 0.6) is 0 Å². The molecule has 0 aliphatic heterocycles. The van der Waals surface area contributed by atoms with Gasteiger partial charge in [-0.05, 0) is 41.0 Å². The van der Waals surface area contributed by atoms with Gasteiger partial charge in [-0.25, -0.2) is 4.68 Å². The first-order chi connectivity index (χ1) is 9.42. The van der Waals surface area contributed by atoms with Gasteiger partial charge in [0, 0.05) is 30.7 Å². The fourth-order valence-corrected chi connectivity index (χ4v) is 2.59. The third kappa shape index (κ3) is 3.74. The zero-order valence-electron chi connectivity index (χ0n) is 10.6. The second-order valence-electron chi connectivity index (χ2n) is 4.56. The van der Waals surface area contributed by atoms with Crippen molar-refractivity contribution in [1.29, 1.82) is 0 Å². The Morgan fingerprint density at radius 1 is 1.32 bits per heavy atom. The molecule has 1 aliphatic carbocycles. The summed E-state index contributed by atoms with van der Waals surface area (Å²) < 4.78 is 1.86. The molecule has 0 spiro atoms. The van der Waals surface area contributed by atoms with E-state index in [0.29, 0.717) is 0 Å². The molecule has 2 aromatic heterocycles. The van der Waals surface area contributed by atoms with Gasteiger partial charge in [0.25, 0.3) is 0 Å². The van der Waals surface area contributed by atoms with Crippen LogP contribution in [0.2, 0.25) is 0 Å². The van der Waals surface area contributed by atoms with Crippen molar-refractivity contribution < 1.29 is 0 Å². The van der Waals surface area contributed by atoms with Crippen LogP contribution in [-0.4, -0.2) is 37.8 Å². The maximum atomic E-state index is 4.07. The molecule has 2 aromatic rings. The molecule has 19 heavy (non-hydrogen) atoms. The first kappa shape index (κ1) is 12.6. The van der Waals surface area contributed by atoms with Crippen LogP contribution >= 0.6 is 11.8 Å². The average molecular weight is 276 g/mol. The molecule has 0 atom stereocenters. The molecule has 1 saturated carbocycles. The maximum absolute atomic E-state index is 4.07. The molecule has 0 unspecified atom stereocenters. The van der Waals surface area contributed by atoms with Gasteiger partial charge in [0.05, 0.1) is 6.54 Å². The molecule has 1 N–H and O–H groups in total. The van der Waals surface area contributed by atoms with Gasteiger partial charge in [0.15, 0.2) is 0 Å². The van der Waals surface area contributed by atoms with Crippen molar-refractivity contribution in [3.05, 3.63) is 30.1 Å². The highest BCUT2D eigenvalue weighted by Gasteiger charge is 2.20. The Balaban J connectivity index is 1.51. The quantitative estimate of drug-likeness (QED) is 0.764. The third-order valence-corrected chi connectivity index (χ3v) is 3.98. The van der Waals surface area contributed by atoms with Crippen LogP contribution in [0.25, 0.3) is 0 Å². The molecule has 0 bridgehead atoms. The van der Waals surface area contributed by atoms with E-state index in [9.17, 15) is 0 Å². The largest absolute Gasteiger partial charge is 0.312 e. The van der Waals surface area contributed by atoms with Crippen LogP contribution in [0, 0.1) is 0 Å². The molecule has 7 heteroatoms. The molecule has 0 amide bonds. The molecule has 0 aromatic carbocycles. The third-order valence-electron chi connectivity index (χ3n) is 2.95. The molecule has 6 nitrogen and oxygen atoms in total. The van der Waals surface area contributed by atoms with E-state index in [0.717, 1.165) is 30.0 Å². The average Bonchev–Trinajstić information content (AvgIpc) is 3.16. The summed E-state index contributed by atoms with van der Waals surface area (Å²) in [6, 6.07) is 4.75. The zero-order chi connectivity index (χ0) is 12.9. The van der Waals surface area contributed by atoms with Crippen molar-refractivity contribution in [2.24, 2.45) is 0 Å². The predicted molar refractivity (Wildman–Crippen MR) is 72.6 cm³/mol. The van der Waals surface area contributed by atoms with E-state index in [1.54, 1.807) is 24.2 Å². The van der Waals surface area contributed by atoms with Crippen molar-refractivity contribution in [2.75, 3.05) is 6.54 Å². The van der Waals surface area contributed by atoms with Gasteiger partial charge in [0.2, 0.25) is 5.16 Å². The van der Waals surface area contributed by atoms with Gasteiger partial charge in [-0.2, -0.15) is 0 Å². The number of aromatic nitrogens is 5. The highest BCUT2D eigenvalue weighted by atomic mass is 32.2. The minimum atomic E-state index is 0.726. The molecular formula is C12H16N6S. The van der Waals surface area contributed by atoms with Crippen molar-refractivity contribution in [1.82, 2.24) is 30.5 Å². The summed E-state index contributed by atoms with van der Waals surface area (Å²) in [6.07, 6.45) is 6.22. The fraction of sp³-hybridized carbons (Fsp3) is 0.500. The molecular weight excluding hydrogens is 260 g/mol. The smallest absolute Gasteiger partial charge is 0.209 e. The second-order valence-corrected chi connectivity index (χ2v) is 5.50.